The Hall–Kier alpha value is -13.8. The zero-order valence-corrected chi connectivity index (χ0v) is 79.5. The van der Waals surface area contributed by atoms with Crippen LogP contribution in [0.15, 0.2) is 220 Å². The van der Waals surface area contributed by atoms with Crippen molar-refractivity contribution >= 4 is 44.1 Å². The summed E-state index contributed by atoms with van der Waals surface area (Å²) in [5.74, 6) is 6.85. The van der Waals surface area contributed by atoms with Crippen LogP contribution in [-0.4, -0.2) is 186 Å². The minimum atomic E-state index is 0.147. The summed E-state index contributed by atoms with van der Waals surface area (Å²) in [5.41, 5.74) is 23.3. The van der Waals surface area contributed by atoms with E-state index in [0.29, 0.717) is 24.2 Å². The molecule has 28 nitrogen and oxygen atoms in total. The lowest BCUT2D eigenvalue weighted by atomic mass is 9.87. The largest absolute Gasteiger partial charge is 0.497 e. The molecule has 0 aliphatic heterocycles. The molecule has 4 N–H and O–H groups in total. The number of nitrogens with one attached hydrogen (secondary N) is 4. The van der Waals surface area contributed by atoms with Gasteiger partial charge < -0.3 is 59.2 Å². The first kappa shape index (κ1) is 95.8. The van der Waals surface area contributed by atoms with Crippen LogP contribution in [0.5, 0.6) is 46.0 Å². The number of rotatable bonds is 36. The second-order valence-corrected chi connectivity index (χ2v) is 34.0. The van der Waals surface area contributed by atoms with Gasteiger partial charge in [0.25, 0.3) is 0 Å². The van der Waals surface area contributed by atoms with Crippen LogP contribution in [0.25, 0.3) is 89.2 Å². The number of methoxy groups -OCH3 is 8. The zero-order chi connectivity index (χ0) is 93.5. The van der Waals surface area contributed by atoms with Gasteiger partial charge in [0, 0.05) is 147 Å². The molecule has 0 spiro atoms. The standard InChI is InChI=1S/4C26H31N5O2/c4*1-17(2)27-9-8-23(19-10-21(32-4)13-22(11-19)33-5)18-6-7-24-25(12-18)30-26(15-28-24)20-14-29-31(3)16-20/h4*6-7,10-17,23,27H,8-9H2,1-5H3/t4*23-/m1100/s1. The van der Waals surface area contributed by atoms with Crippen molar-refractivity contribution < 1.29 is 37.9 Å². The molecule has 0 unspecified atom stereocenters. The summed E-state index contributed by atoms with van der Waals surface area (Å²) in [6.07, 6.45) is 25.9. The Balaban J connectivity index is 0.000000150. The third-order valence-electron chi connectivity index (χ3n) is 22.9. The molecule has 0 saturated heterocycles. The molecule has 4 atom stereocenters. The van der Waals surface area contributed by atoms with E-state index in [4.69, 9.17) is 57.8 Å². The van der Waals surface area contributed by atoms with Crippen LogP contribution in [0.3, 0.4) is 0 Å². The molecule has 0 fully saturated rings. The number of benzene rings is 8. The van der Waals surface area contributed by atoms with E-state index in [1.54, 1.807) is 100 Å². The van der Waals surface area contributed by atoms with Crippen molar-refractivity contribution in [3.05, 3.63) is 264 Å². The molecule has 0 saturated carbocycles. The van der Waals surface area contributed by atoms with Gasteiger partial charge in [-0.05, 0) is 193 Å². The van der Waals surface area contributed by atoms with Crippen molar-refractivity contribution in [2.45, 2.75) is 129 Å². The molecule has 28 heteroatoms. The van der Waals surface area contributed by atoms with Crippen molar-refractivity contribution in [3.63, 3.8) is 0 Å². The average molecular weight is 1780 g/mol. The number of ether oxygens (including phenoxy) is 8. The van der Waals surface area contributed by atoms with E-state index in [1.807, 2.05) is 126 Å². The number of nitrogens with zero attached hydrogens (tertiary/aromatic N) is 16. The van der Waals surface area contributed by atoms with Crippen LogP contribution in [0, 0.1) is 0 Å². The Morgan fingerprint density at radius 2 is 0.424 bits per heavy atom. The summed E-state index contributed by atoms with van der Waals surface area (Å²) >= 11 is 0. The molecule has 688 valence electrons. The summed E-state index contributed by atoms with van der Waals surface area (Å²) in [7, 11) is 21.0. The highest BCUT2D eigenvalue weighted by atomic mass is 16.5. The SMILES string of the molecule is COc1cc(OC)cc([C@@H](CCNC(C)C)c2ccc3ncc(-c4cnn(C)c4)nc3c2)c1.COc1cc(OC)cc([C@@H](CCNC(C)C)c2ccc3ncc(-c4cnn(C)c4)nc3c2)c1.COc1cc(OC)cc([C@H](CCNC(C)C)c2ccc3ncc(-c4cnn(C)c4)nc3c2)c1.COc1cc(OC)cc([C@H](CCNC(C)C)c2ccc3ncc(-c4cnn(C)c4)nc3c2)c1. The van der Waals surface area contributed by atoms with E-state index in [1.165, 1.54) is 22.3 Å². The van der Waals surface area contributed by atoms with E-state index < -0.39 is 0 Å². The Morgan fingerprint density at radius 3 is 0.583 bits per heavy atom. The second-order valence-electron chi connectivity index (χ2n) is 34.0. The summed E-state index contributed by atoms with van der Waals surface area (Å²) in [6, 6.07) is 51.4. The van der Waals surface area contributed by atoms with Crippen LogP contribution in [0.2, 0.25) is 0 Å². The maximum atomic E-state index is 5.54. The van der Waals surface area contributed by atoms with Crippen LogP contribution in [0.1, 0.15) is 149 Å². The third-order valence-corrected chi connectivity index (χ3v) is 22.9. The van der Waals surface area contributed by atoms with Gasteiger partial charge in [0.15, 0.2) is 0 Å². The first-order valence-corrected chi connectivity index (χ1v) is 44.7. The maximum absolute atomic E-state index is 5.54. The number of fused-ring (bicyclic) bond motifs is 4. The summed E-state index contributed by atoms with van der Waals surface area (Å²) < 4.78 is 51.4. The van der Waals surface area contributed by atoms with Crippen molar-refractivity contribution in [1.29, 1.82) is 0 Å². The number of hydrogen-bond acceptors (Lipinski definition) is 24. The van der Waals surface area contributed by atoms with Crippen LogP contribution in [0.4, 0.5) is 0 Å². The summed E-state index contributed by atoms with van der Waals surface area (Å²) in [6.45, 7) is 20.9. The molecular formula is C104H124N20O8. The van der Waals surface area contributed by atoms with Crippen LogP contribution < -0.4 is 59.2 Å². The number of hydrogen-bond donors (Lipinski definition) is 4. The molecule has 132 heavy (non-hydrogen) atoms. The topological polar surface area (TPSA) is 296 Å². The summed E-state index contributed by atoms with van der Waals surface area (Å²) in [5, 5.41) is 31.2. The van der Waals surface area contributed by atoms with Crippen LogP contribution in [-0.2, 0) is 28.2 Å². The van der Waals surface area contributed by atoms with Crippen molar-refractivity contribution in [2.75, 3.05) is 83.1 Å². The highest BCUT2D eigenvalue weighted by Gasteiger charge is 2.25. The van der Waals surface area contributed by atoms with Gasteiger partial charge in [-0.3, -0.25) is 38.7 Å². The smallest absolute Gasteiger partial charge is 0.122 e. The molecule has 0 amide bonds. The van der Waals surface area contributed by atoms with Crippen molar-refractivity contribution in [1.82, 2.24) is 100 Å². The molecule has 0 aliphatic rings. The van der Waals surface area contributed by atoms with Gasteiger partial charge in [0.1, 0.15) is 46.0 Å². The van der Waals surface area contributed by atoms with Gasteiger partial charge in [-0.25, -0.2) is 19.9 Å². The third kappa shape index (κ3) is 25.4. The Kier molecular flexibility index (Phi) is 33.1. The number of aryl methyl sites for hydroxylation is 4. The first-order valence-electron chi connectivity index (χ1n) is 44.7. The predicted octanol–water partition coefficient (Wildman–Crippen LogP) is 18.3. The molecule has 0 aliphatic carbocycles. The normalized spacial score (nSPS) is 12.3. The second kappa shape index (κ2) is 45.6. The van der Waals surface area contributed by atoms with Gasteiger partial charge in [0.2, 0.25) is 0 Å². The molecule has 0 radical (unpaired) electrons. The van der Waals surface area contributed by atoms with E-state index in [9.17, 15) is 0 Å². The highest BCUT2D eigenvalue weighted by molar-refractivity contribution is 5.82. The predicted molar refractivity (Wildman–Crippen MR) is 524 cm³/mol. The minimum absolute atomic E-state index is 0.147. The molecule has 8 aromatic heterocycles. The Morgan fingerprint density at radius 1 is 0.235 bits per heavy atom. The minimum Gasteiger partial charge on any atom is -0.497 e. The maximum Gasteiger partial charge on any atom is 0.122 e. The van der Waals surface area contributed by atoms with Gasteiger partial charge >= 0.3 is 0 Å². The van der Waals surface area contributed by atoms with E-state index in [0.717, 1.165) is 209 Å². The lowest BCUT2D eigenvalue weighted by Crippen LogP contribution is -2.25. The molecule has 0 bridgehead atoms. The Labute approximate surface area is 773 Å². The number of aromatic nitrogens is 16. The van der Waals surface area contributed by atoms with Gasteiger partial charge in [-0.1, -0.05) is 79.7 Å². The average Bonchev–Trinajstić information content (AvgIpc) is 1.24. The van der Waals surface area contributed by atoms with Crippen molar-refractivity contribution in [3.8, 4) is 91.0 Å². The highest BCUT2D eigenvalue weighted by Crippen LogP contribution is 2.41. The molecule has 16 rings (SSSR count). The van der Waals surface area contributed by atoms with E-state index in [2.05, 4.69) is 214 Å². The fourth-order valence-corrected chi connectivity index (χ4v) is 16.0. The fraction of sp³-hybridized carbons (Fsp3) is 0.346. The molecule has 8 heterocycles. The lowest BCUT2D eigenvalue weighted by Gasteiger charge is -2.21. The summed E-state index contributed by atoms with van der Waals surface area (Å²) in [4.78, 5) is 38.1. The molecule has 16 aromatic rings. The zero-order valence-electron chi connectivity index (χ0n) is 79.5. The van der Waals surface area contributed by atoms with Crippen LogP contribution >= 0.6 is 0 Å². The van der Waals surface area contributed by atoms with Crippen molar-refractivity contribution in [2.24, 2.45) is 28.2 Å². The quantitative estimate of drug-likeness (QED) is 0.0284. The first-order chi connectivity index (χ1) is 63.8. The van der Waals surface area contributed by atoms with E-state index >= 15 is 0 Å². The fourth-order valence-electron chi connectivity index (χ4n) is 16.0. The monoisotopic (exact) mass is 1780 g/mol. The molecule has 8 aromatic carbocycles. The van der Waals surface area contributed by atoms with Gasteiger partial charge in [0.05, 0.1) is 173 Å². The van der Waals surface area contributed by atoms with E-state index in [-0.39, 0.29) is 23.7 Å². The lowest BCUT2D eigenvalue weighted by molar-refractivity contribution is 0.392. The van der Waals surface area contributed by atoms with Gasteiger partial charge in [-0.2, -0.15) is 20.4 Å². The molecular weight excluding hydrogens is 1660 g/mol. The Bertz CT molecular complexity index is 5620. The van der Waals surface area contributed by atoms with Gasteiger partial charge in [-0.15, -0.1) is 0 Å².